The predicted molar refractivity (Wildman–Crippen MR) is 70.6 cm³/mol. The van der Waals surface area contributed by atoms with Crippen molar-refractivity contribution in [2.45, 2.75) is 25.3 Å². The number of amides is 1. The Balaban J connectivity index is 1.76. The predicted octanol–water partition coefficient (Wildman–Crippen LogP) is 0.309. The highest BCUT2D eigenvalue weighted by Gasteiger charge is 2.33. The number of carbonyl (C=O) groups excluding carboxylic acids is 1. The molecule has 2 rings (SSSR count). The molecule has 0 aromatic rings. The summed E-state index contributed by atoms with van der Waals surface area (Å²) in [5.41, 5.74) is 0. The molecule has 6 heteroatoms. The van der Waals surface area contributed by atoms with E-state index in [0.29, 0.717) is 6.54 Å². The molecule has 1 aliphatic heterocycles. The summed E-state index contributed by atoms with van der Waals surface area (Å²) in [7, 11) is 0. The molecule has 0 bridgehead atoms. The average Bonchev–Trinajstić information content (AvgIpc) is 2.85. The number of aliphatic carboxylic acids is 1. The van der Waals surface area contributed by atoms with E-state index in [1.54, 1.807) is 11.8 Å². The van der Waals surface area contributed by atoms with Crippen LogP contribution in [0.15, 0.2) is 0 Å². The van der Waals surface area contributed by atoms with E-state index in [9.17, 15) is 9.59 Å². The maximum absolute atomic E-state index is 11.9. The van der Waals surface area contributed by atoms with Crippen LogP contribution in [0.4, 0.5) is 0 Å². The molecule has 5 nitrogen and oxygen atoms in total. The fraction of sp³-hybridized carbons (Fsp3) is 0.833. The first kappa shape index (κ1) is 13.7. The van der Waals surface area contributed by atoms with E-state index < -0.39 is 5.97 Å². The first-order valence-corrected chi connectivity index (χ1v) is 7.65. The topological polar surface area (TPSA) is 78.4 Å². The minimum absolute atomic E-state index is 0.0123. The molecule has 2 fully saturated rings. The summed E-state index contributed by atoms with van der Waals surface area (Å²) < 4.78 is 0. The summed E-state index contributed by atoms with van der Waals surface area (Å²) in [6.07, 6.45) is 2.60. The van der Waals surface area contributed by atoms with E-state index in [2.05, 4.69) is 10.6 Å². The van der Waals surface area contributed by atoms with Crippen LogP contribution in [0.25, 0.3) is 0 Å². The molecule has 1 saturated heterocycles. The molecule has 3 atom stereocenters. The van der Waals surface area contributed by atoms with Crippen molar-refractivity contribution in [3.63, 3.8) is 0 Å². The van der Waals surface area contributed by atoms with Gasteiger partial charge in [0.2, 0.25) is 5.91 Å². The van der Waals surface area contributed by atoms with Crippen LogP contribution in [0.1, 0.15) is 19.3 Å². The van der Waals surface area contributed by atoms with Gasteiger partial charge in [-0.1, -0.05) is 6.42 Å². The van der Waals surface area contributed by atoms with E-state index in [0.717, 1.165) is 37.3 Å². The van der Waals surface area contributed by atoms with Crippen molar-refractivity contribution in [3.8, 4) is 0 Å². The summed E-state index contributed by atoms with van der Waals surface area (Å²) in [5.74, 6) is 0.963. The summed E-state index contributed by atoms with van der Waals surface area (Å²) in [4.78, 5) is 22.9. The van der Waals surface area contributed by atoms with Crippen molar-refractivity contribution in [3.05, 3.63) is 0 Å². The lowest BCUT2D eigenvalue weighted by molar-refractivity contribution is -0.143. The number of thioether (sulfide) groups is 1. The number of hydrogen-bond acceptors (Lipinski definition) is 4. The van der Waals surface area contributed by atoms with Crippen LogP contribution in [0, 0.1) is 11.8 Å². The van der Waals surface area contributed by atoms with E-state index in [1.165, 1.54) is 0 Å². The van der Waals surface area contributed by atoms with Gasteiger partial charge in [-0.05, 0) is 18.8 Å². The molecule has 0 aromatic carbocycles. The van der Waals surface area contributed by atoms with Crippen LogP contribution in [0.5, 0.6) is 0 Å². The Hall–Kier alpha value is -0.750. The summed E-state index contributed by atoms with van der Waals surface area (Å²) in [5, 5.41) is 15.1. The second kappa shape index (κ2) is 6.43. The third-order valence-electron chi connectivity index (χ3n) is 3.75. The van der Waals surface area contributed by atoms with Gasteiger partial charge in [0.1, 0.15) is 0 Å². The highest BCUT2D eigenvalue weighted by Crippen LogP contribution is 2.31. The van der Waals surface area contributed by atoms with Crippen molar-refractivity contribution in [2.75, 3.05) is 24.6 Å². The zero-order valence-corrected chi connectivity index (χ0v) is 11.2. The van der Waals surface area contributed by atoms with Gasteiger partial charge in [-0.2, -0.15) is 11.8 Å². The van der Waals surface area contributed by atoms with E-state index in [1.807, 2.05) is 0 Å². The summed E-state index contributed by atoms with van der Waals surface area (Å²) in [6, 6.07) is -0.117. The second-order valence-electron chi connectivity index (χ2n) is 4.96. The van der Waals surface area contributed by atoms with Gasteiger partial charge >= 0.3 is 5.97 Å². The Bertz CT molecular complexity index is 318. The van der Waals surface area contributed by atoms with Crippen LogP contribution < -0.4 is 10.6 Å². The molecule has 3 N–H and O–H groups in total. The average molecular weight is 272 g/mol. The van der Waals surface area contributed by atoms with Gasteiger partial charge in [-0.15, -0.1) is 0 Å². The smallest absolute Gasteiger partial charge is 0.306 e. The molecule has 0 radical (unpaired) electrons. The Morgan fingerprint density at radius 1 is 1.39 bits per heavy atom. The maximum atomic E-state index is 11.9. The van der Waals surface area contributed by atoms with Gasteiger partial charge in [0.25, 0.3) is 0 Å². The van der Waals surface area contributed by atoms with Crippen LogP contribution in [0.2, 0.25) is 0 Å². The van der Waals surface area contributed by atoms with Crippen molar-refractivity contribution >= 4 is 23.6 Å². The number of carboxylic acid groups (broad SMARTS) is 1. The maximum Gasteiger partial charge on any atom is 0.306 e. The molecule has 102 valence electrons. The molecule has 2 aliphatic rings. The minimum atomic E-state index is -0.724. The Morgan fingerprint density at radius 3 is 2.89 bits per heavy atom. The lowest BCUT2D eigenvalue weighted by atomic mass is 9.96. The Labute approximate surface area is 111 Å². The number of hydrogen-bond donors (Lipinski definition) is 3. The zero-order chi connectivity index (χ0) is 13.0. The lowest BCUT2D eigenvalue weighted by Gasteiger charge is -2.23. The third-order valence-corrected chi connectivity index (χ3v) is 4.81. The van der Waals surface area contributed by atoms with Gasteiger partial charge in [-0.25, -0.2) is 0 Å². The monoisotopic (exact) mass is 272 g/mol. The van der Waals surface area contributed by atoms with Crippen LogP contribution >= 0.6 is 11.8 Å². The fourth-order valence-corrected chi connectivity index (χ4v) is 3.63. The minimum Gasteiger partial charge on any atom is -0.481 e. The SMILES string of the molecule is O=C(NCC1CCCC1C(=O)O)C1CSCCN1. The van der Waals surface area contributed by atoms with Crippen molar-refractivity contribution in [2.24, 2.45) is 11.8 Å². The summed E-state index contributed by atoms with van der Waals surface area (Å²) >= 11 is 1.78. The standard InChI is InChI=1S/C12H20N2O3S/c15-11(10-7-18-5-4-13-10)14-6-8-2-1-3-9(8)12(16)17/h8-10,13H,1-7H2,(H,14,15)(H,16,17). The lowest BCUT2D eigenvalue weighted by Crippen LogP contribution is -2.50. The first-order valence-electron chi connectivity index (χ1n) is 6.50. The fourth-order valence-electron chi connectivity index (χ4n) is 2.69. The second-order valence-corrected chi connectivity index (χ2v) is 6.11. The zero-order valence-electron chi connectivity index (χ0n) is 10.4. The molecule has 1 amide bonds. The van der Waals surface area contributed by atoms with Crippen molar-refractivity contribution in [1.29, 1.82) is 0 Å². The van der Waals surface area contributed by atoms with Gasteiger partial charge < -0.3 is 15.7 Å². The molecule has 1 aliphatic carbocycles. The molecule has 0 spiro atoms. The van der Waals surface area contributed by atoms with Crippen LogP contribution in [-0.2, 0) is 9.59 Å². The Kier molecular flexibility index (Phi) is 4.88. The highest BCUT2D eigenvalue weighted by molar-refractivity contribution is 7.99. The molecule has 1 saturated carbocycles. The normalized spacial score (nSPS) is 32.1. The number of carboxylic acids is 1. The van der Waals surface area contributed by atoms with E-state index >= 15 is 0 Å². The number of carbonyl (C=O) groups is 2. The van der Waals surface area contributed by atoms with Crippen molar-refractivity contribution in [1.82, 2.24) is 10.6 Å². The van der Waals surface area contributed by atoms with E-state index in [-0.39, 0.29) is 23.8 Å². The molecule has 3 unspecified atom stereocenters. The third kappa shape index (κ3) is 3.38. The molecule has 0 aromatic heterocycles. The van der Waals surface area contributed by atoms with Gasteiger partial charge in [0.05, 0.1) is 12.0 Å². The molecule has 18 heavy (non-hydrogen) atoms. The Morgan fingerprint density at radius 2 is 2.22 bits per heavy atom. The van der Waals surface area contributed by atoms with E-state index in [4.69, 9.17) is 5.11 Å². The first-order chi connectivity index (χ1) is 8.68. The van der Waals surface area contributed by atoms with Crippen LogP contribution in [0.3, 0.4) is 0 Å². The highest BCUT2D eigenvalue weighted by atomic mass is 32.2. The quantitative estimate of drug-likeness (QED) is 0.686. The largest absolute Gasteiger partial charge is 0.481 e. The number of rotatable bonds is 4. The van der Waals surface area contributed by atoms with Gasteiger partial charge in [-0.3, -0.25) is 9.59 Å². The molecular formula is C12H20N2O3S. The number of nitrogens with one attached hydrogen (secondary N) is 2. The summed E-state index contributed by atoms with van der Waals surface area (Å²) in [6.45, 7) is 1.36. The molecular weight excluding hydrogens is 252 g/mol. The molecule has 1 heterocycles. The van der Waals surface area contributed by atoms with Gasteiger partial charge in [0, 0.05) is 24.6 Å². The van der Waals surface area contributed by atoms with Gasteiger partial charge in [0.15, 0.2) is 0 Å². The van der Waals surface area contributed by atoms with Crippen molar-refractivity contribution < 1.29 is 14.7 Å². The van der Waals surface area contributed by atoms with Crippen LogP contribution in [-0.4, -0.2) is 47.6 Å².